The van der Waals surface area contributed by atoms with Crippen LogP contribution in [0.5, 0.6) is 5.75 Å². The van der Waals surface area contributed by atoms with Gasteiger partial charge in [-0.2, -0.15) is 0 Å². The fourth-order valence-corrected chi connectivity index (χ4v) is 4.19. The molecule has 1 saturated carbocycles. The lowest BCUT2D eigenvalue weighted by Gasteiger charge is -2.36. The smallest absolute Gasteiger partial charge is 0.220 e. The Labute approximate surface area is 151 Å². The number of ether oxygens (including phenoxy) is 1. The Morgan fingerprint density at radius 3 is 2.44 bits per heavy atom. The molecule has 2 aliphatic rings. The van der Waals surface area contributed by atoms with Gasteiger partial charge in [-0.05, 0) is 68.8 Å². The van der Waals surface area contributed by atoms with Crippen molar-refractivity contribution in [3.8, 4) is 5.75 Å². The van der Waals surface area contributed by atoms with Crippen LogP contribution >= 0.6 is 0 Å². The number of amides is 1. The van der Waals surface area contributed by atoms with Gasteiger partial charge in [-0.15, -0.1) is 0 Å². The Bertz CT molecular complexity index is 529. The third kappa shape index (κ3) is 5.46. The summed E-state index contributed by atoms with van der Waals surface area (Å²) in [6, 6.07) is 8.81. The van der Waals surface area contributed by atoms with Gasteiger partial charge in [-0.25, -0.2) is 0 Å². The van der Waals surface area contributed by atoms with Crippen molar-refractivity contribution in [2.45, 2.75) is 57.4 Å². The maximum absolute atomic E-state index is 12.1. The van der Waals surface area contributed by atoms with Crippen molar-refractivity contribution in [1.82, 2.24) is 10.2 Å². The molecule has 0 spiro atoms. The number of benzene rings is 1. The van der Waals surface area contributed by atoms with Crippen LogP contribution in [0.15, 0.2) is 24.3 Å². The van der Waals surface area contributed by atoms with Crippen molar-refractivity contribution in [1.29, 1.82) is 0 Å². The van der Waals surface area contributed by atoms with Gasteiger partial charge in [0.2, 0.25) is 5.91 Å². The van der Waals surface area contributed by atoms with Gasteiger partial charge in [0.05, 0.1) is 7.11 Å². The van der Waals surface area contributed by atoms with Gasteiger partial charge in [0.15, 0.2) is 0 Å². The fraction of sp³-hybridized carbons (Fsp3) is 0.667. The Kier molecular flexibility index (Phi) is 6.74. The minimum Gasteiger partial charge on any atom is -0.497 e. The zero-order chi connectivity index (χ0) is 17.5. The van der Waals surface area contributed by atoms with Gasteiger partial charge in [0.1, 0.15) is 5.75 Å². The number of hydrogen-bond donors (Lipinski definition) is 1. The van der Waals surface area contributed by atoms with Crippen molar-refractivity contribution in [2.75, 3.05) is 26.7 Å². The van der Waals surface area contributed by atoms with E-state index in [-0.39, 0.29) is 5.91 Å². The number of carbonyl (C=O) groups is 1. The van der Waals surface area contributed by atoms with Crippen molar-refractivity contribution < 1.29 is 9.53 Å². The van der Waals surface area contributed by atoms with Crippen LogP contribution in [0.2, 0.25) is 0 Å². The minimum atomic E-state index is 0.175. The van der Waals surface area contributed by atoms with Gasteiger partial charge in [0.25, 0.3) is 0 Å². The molecule has 1 heterocycles. The lowest BCUT2D eigenvalue weighted by molar-refractivity contribution is -0.121. The minimum absolute atomic E-state index is 0.175. The van der Waals surface area contributed by atoms with E-state index in [1.54, 1.807) is 7.11 Å². The SMILES string of the molecule is COc1ccc(CCC(=O)NCC2CCN(C3CCCC3)CC2)cc1. The number of likely N-dealkylation sites (tertiary alicyclic amines) is 1. The van der Waals surface area contributed by atoms with E-state index in [1.807, 2.05) is 24.3 Å². The summed E-state index contributed by atoms with van der Waals surface area (Å²) in [5.74, 6) is 1.69. The number of aryl methyl sites for hydroxylation is 1. The third-order valence-electron chi connectivity index (χ3n) is 5.88. The summed E-state index contributed by atoms with van der Waals surface area (Å²) in [5.41, 5.74) is 1.18. The van der Waals surface area contributed by atoms with Crippen LogP contribution in [0.25, 0.3) is 0 Å². The van der Waals surface area contributed by atoms with Crippen LogP contribution in [0.4, 0.5) is 0 Å². The predicted molar refractivity (Wildman–Crippen MR) is 101 cm³/mol. The molecule has 3 rings (SSSR count). The van der Waals surface area contributed by atoms with E-state index in [1.165, 1.54) is 57.2 Å². The highest BCUT2D eigenvalue weighted by Crippen LogP contribution is 2.27. The van der Waals surface area contributed by atoms with Gasteiger partial charge in [-0.1, -0.05) is 25.0 Å². The van der Waals surface area contributed by atoms with Crippen LogP contribution < -0.4 is 10.1 Å². The van der Waals surface area contributed by atoms with Crippen LogP contribution in [0.3, 0.4) is 0 Å². The molecular formula is C21H32N2O2. The van der Waals surface area contributed by atoms with Crippen LogP contribution in [0, 0.1) is 5.92 Å². The van der Waals surface area contributed by atoms with Gasteiger partial charge >= 0.3 is 0 Å². The van der Waals surface area contributed by atoms with E-state index in [4.69, 9.17) is 4.74 Å². The predicted octanol–water partition coefficient (Wildman–Crippen LogP) is 3.40. The molecule has 1 N–H and O–H groups in total. The Hall–Kier alpha value is -1.55. The first-order valence-corrected chi connectivity index (χ1v) is 9.88. The van der Waals surface area contributed by atoms with Gasteiger partial charge in [-0.3, -0.25) is 4.79 Å². The average molecular weight is 344 g/mol. The number of methoxy groups -OCH3 is 1. The van der Waals surface area contributed by atoms with Crippen LogP contribution in [0.1, 0.15) is 50.5 Å². The highest BCUT2D eigenvalue weighted by Gasteiger charge is 2.27. The van der Waals surface area contributed by atoms with E-state index >= 15 is 0 Å². The molecule has 1 aliphatic heterocycles. The van der Waals surface area contributed by atoms with Gasteiger partial charge in [0, 0.05) is 19.0 Å². The molecule has 1 saturated heterocycles. The molecule has 138 valence electrons. The molecule has 1 aliphatic carbocycles. The molecule has 1 amide bonds. The standard InChI is InChI=1S/C21H32N2O2/c1-25-20-9-6-17(7-10-20)8-11-21(24)22-16-18-12-14-23(15-13-18)19-4-2-3-5-19/h6-7,9-10,18-19H,2-5,8,11-16H2,1H3,(H,22,24). The van der Waals surface area contributed by atoms with Crippen molar-refractivity contribution in [3.63, 3.8) is 0 Å². The Morgan fingerprint density at radius 2 is 1.80 bits per heavy atom. The average Bonchev–Trinajstić information content (AvgIpc) is 3.20. The molecule has 25 heavy (non-hydrogen) atoms. The molecule has 4 nitrogen and oxygen atoms in total. The fourth-order valence-electron chi connectivity index (χ4n) is 4.19. The van der Waals surface area contributed by atoms with E-state index in [0.29, 0.717) is 12.3 Å². The van der Waals surface area contributed by atoms with E-state index in [2.05, 4.69) is 10.2 Å². The highest BCUT2D eigenvalue weighted by atomic mass is 16.5. The third-order valence-corrected chi connectivity index (χ3v) is 5.88. The number of carbonyl (C=O) groups excluding carboxylic acids is 1. The summed E-state index contributed by atoms with van der Waals surface area (Å²) in [7, 11) is 1.67. The zero-order valence-corrected chi connectivity index (χ0v) is 15.5. The molecule has 0 bridgehead atoms. The molecule has 0 aromatic heterocycles. The monoisotopic (exact) mass is 344 g/mol. The molecule has 0 unspecified atom stereocenters. The molecule has 1 aromatic rings. The molecular weight excluding hydrogens is 312 g/mol. The van der Waals surface area contributed by atoms with Crippen molar-refractivity contribution >= 4 is 5.91 Å². The number of nitrogens with one attached hydrogen (secondary N) is 1. The summed E-state index contributed by atoms with van der Waals surface area (Å²) in [5, 5.41) is 3.15. The Morgan fingerprint density at radius 1 is 1.12 bits per heavy atom. The first kappa shape index (κ1) is 18.2. The number of nitrogens with zero attached hydrogens (tertiary/aromatic N) is 1. The van der Waals surface area contributed by atoms with Crippen LogP contribution in [-0.4, -0.2) is 43.6 Å². The second-order valence-corrected chi connectivity index (χ2v) is 7.57. The summed E-state index contributed by atoms with van der Waals surface area (Å²) < 4.78 is 5.16. The van der Waals surface area contributed by atoms with E-state index in [0.717, 1.165) is 24.8 Å². The maximum Gasteiger partial charge on any atom is 0.220 e. The van der Waals surface area contributed by atoms with E-state index in [9.17, 15) is 4.79 Å². The quantitative estimate of drug-likeness (QED) is 0.824. The Balaban J connectivity index is 1.31. The molecule has 2 fully saturated rings. The highest BCUT2D eigenvalue weighted by molar-refractivity contribution is 5.76. The second-order valence-electron chi connectivity index (χ2n) is 7.57. The lowest BCUT2D eigenvalue weighted by atomic mass is 9.95. The zero-order valence-electron chi connectivity index (χ0n) is 15.5. The summed E-state index contributed by atoms with van der Waals surface area (Å²) in [6.07, 6.45) is 9.43. The molecule has 1 aromatic carbocycles. The van der Waals surface area contributed by atoms with E-state index < -0.39 is 0 Å². The maximum atomic E-state index is 12.1. The summed E-state index contributed by atoms with van der Waals surface area (Å²) >= 11 is 0. The largest absolute Gasteiger partial charge is 0.497 e. The lowest BCUT2D eigenvalue weighted by Crippen LogP contribution is -2.42. The number of rotatable bonds is 7. The number of piperidine rings is 1. The van der Waals surface area contributed by atoms with Crippen LogP contribution in [-0.2, 0) is 11.2 Å². The first-order chi connectivity index (χ1) is 12.2. The second kappa shape index (κ2) is 9.23. The van der Waals surface area contributed by atoms with Gasteiger partial charge < -0.3 is 15.0 Å². The summed E-state index contributed by atoms with van der Waals surface area (Å²) in [4.78, 5) is 14.8. The summed E-state index contributed by atoms with van der Waals surface area (Å²) in [6.45, 7) is 3.29. The molecule has 0 atom stereocenters. The van der Waals surface area contributed by atoms with Crippen molar-refractivity contribution in [3.05, 3.63) is 29.8 Å². The molecule has 4 heteroatoms. The first-order valence-electron chi connectivity index (χ1n) is 9.88. The van der Waals surface area contributed by atoms with Crippen molar-refractivity contribution in [2.24, 2.45) is 5.92 Å². The topological polar surface area (TPSA) is 41.6 Å². The number of hydrogen-bond acceptors (Lipinski definition) is 3. The molecule has 0 radical (unpaired) electrons. The normalized spacial score (nSPS) is 19.9.